The summed E-state index contributed by atoms with van der Waals surface area (Å²) < 4.78 is 39.4. The zero-order chi connectivity index (χ0) is 23.4. The van der Waals surface area contributed by atoms with Crippen molar-refractivity contribution in [2.24, 2.45) is 0 Å². The van der Waals surface area contributed by atoms with Gasteiger partial charge in [-0.25, -0.2) is 9.97 Å². The second-order valence-corrected chi connectivity index (χ2v) is 7.97. The Kier molecular flexibility index (Phi) is 6.57. The topological polar surface area (TPSA) is 71.0 Å². The van der Waals surface area contributed by atoms with E-state index in [1.807, 2.05) is 17.9 Å². The maximum Gasteiger partial charge on any atom is 0.416 e. The highest BCUT2D eigenvalue weighted by atomic mass is 19.4. The average molecular weight is 455 g/mol. The maximum absolute atomic E-state index is 13.1. The van der Waals surface area contributed by atoms with Crippen molar-refractivity contribution in [1.82, 2.24) is 19.9 Å². The van der Waals surface area contributed by atoms with Crippen molar-refractivity contribution in [3.05, 3.63) is 66.2 Å². The zero-order valence-corrected chi connectivity index (χ0v) is 18.1. The molecule has 0 radical (unpaired) electrons. The summed E-state index contributed by atoms with van der Waals surface area (Å²) in [5, 5.41) is 3.00. The zero-order valence-electron chi connectivity index (χ0n) is 18.1. The van der Waals surface area contributed by atoms with Crippen molar-refractivity contribution in [3.8, 4) is 11.3 Å². The Morgan fingerprint density at radius 3 is 2.76 bits per heavy atom. The average Bonchev–Trinajstić information content (AvgIpc) is 2.83. The van der Waals surface area contributed by atoms with E-state index in [1.165, 1.54) is 6.07 Å². The molecular weight excluding hydrogens is 431 g/mol. The number of hydrogen-bond acceptors (Lipinski definition) is 5. The maximum atomic E-state index is 13.1. The SMILES string of the molecule is CCC(=O)N1CCCC(c2nc(Nc3cccc(C(F)(F)F)c3)cc(-c3cccnc3)n2)C1. The van der Waals surface area contributed by atoms with Crippen LogP contribution in [-0.2, 0) is 11.0 Å². The minimum Gasteiger partial charge on any atom is -0.342 e. The molecule has 1 aromatic carbocycles. The summed E-state index contributed by atoms with van der Waals surface area (Å²) in [7, 11) is 0. The number of carbonyl (C=O) groups is 1. The standard InChI is InChI=1S/C24H24F3N5O/c1-2-22(33)32-11-5-7-17(15-32)23-30-20(16-6-4-10-28-14-16)13-21(31-23)29-19-9-3-8-18(12-19)24(25,26)27/h3-4,6,8-10,12-14,17H,2,5,7,11,15H2,1H3,(H,29,30,31). The number of hydrogen-bond donors (Lipinski definition) is 1. The van der Waals surface area contributed by atoms with Gasteiger partial charge in [-0.1, -0.05) is 13.0 Å². The minimum atomic E-state index is -4.44. The highest BCUT2D eigenvalue weighted by Gasteiger charge is 2.30. The summed E-state index contributed by atoms with van der Waals surface area (Å²) in [6.45, 7) is 3.07. The van der Waals surface area contributed by atoms with Gasteiger partial charge < -0.3 is 10.2 Å². The summed E-state index contributed by atoms with van der Waals surface area (Å²) in [5.41, 5.74) is 0.917. The van der Waals surface area contributed by atoms with Crippen LogP contribution in [0.1, 0.15) is 43.5 Å². The van der Waals surface area contributed by atoms with Gasteiger partial charge in [-0.3, -0.25) is 9.78 Å². The van der Waals surface area contributed by atoms with Crippen LogP contribution in [0.2, 0.25) is 0 Å². The molecule has 1 aliphatic rings. The van der Waals surface area contributed by atoms with Crippen molar-refractivity contribution in [2.45, 2.75) is 38.3 Å². The minimum absolute atomic E-state index is 0.0621. The predicted octanol–water partition coefficient (Wildman–Crippen LogP) is 5.42. The van der Waals surface area contributed by atoms with E-state index < -0.39 is 11.7 Å². The van der Waals surface area contributed by atoms with E-state index in [4.69, 9.17) is 4.98 Å². The lowest BCUT2D eigenvalue weighted by molar-refractivity contribution is -0.137. The van der Waals surface area contributed by atoms with Crippen LogP contribution < -0.4 is 5.32 Å². The second kappa shape index (κ2) is 9.56. The summed E-state index contributed by atoms with van der Waals surface area (Å²) >= 11 is 0. The van der Waals surface area contributed by atoms with Gasteiger partial charge in [-0.2, -0.15) is 13.2 Å². The highest BCUT2D eigenvalue weighted by molar-refractivity contribution is 5.76. The van der Waals surface area contributed by atoms with E-state index in [2.05, 4.69) is 15.3 Å². The van der Waals surface area contributed by atoms with Crippen LogP contribution in [0.4, 0.5) is 24.7 Å². The first-order valence-electron chi connectivity index (χ1n) is 10.8. The summed E-state index contributed by atoms with van der Waals surface area (Å²) in [6.07, 6.45) is 0.995. The molecule has 0 spiro atoms. The normalized spacial score (nSPS) is 16.5. The number of anilines is 2. The molecule has 4 rings (SSSR count). The van der Waals surface area contributed by atoms with Crippen LogP contribution in [-0.4, -0.2) is 38.8 Å². The monoisotopic (exact) mass is 455 g/mol. The third-order valence-electron chi connectivity index (χ3n) is 5.60. The van der Waals surface area contributed by atoms with Crippen LogP contribution in [0.5, 0.6) is 0 Å². The smallest absolute Gasteiger partial charge is 0.342 e. The molecule has 1 amide bonds. The molecule has 172 valence electrons. The molecule has 3 aromatic rings. The number of nitrogens with zero attached hydrogens (tertiary/aromatic N) is 4. The Balaban J connectivity index is 1.69. The van der Waals surface area contributed by atoms with Crippen LogP contribution in [0.25, 0.3) is 11.3 Å². The number of nitrogens with one attached hydrogen (secondary N) is 1. The summed E-state index contributed by atoms with van der Waals surface area (Å²) in [4.78, 5) is 27.6. The third kappa shape index (κ3) is 5.47. The molecular formula is C24H24F3N5O. The molecule has 3 heterocycles. The predicted molar refractivity (Wildman–Crippen MR) is 119 cm³/mol. The molecule has 1 saturated heterocycles. The van der Waals surface area contributed by atoms with E-state index in [9.17, 15) is 18.0 Å². The van der Waals surface area contributed by atoms with Gasteiger partial charge in [-0.05, 0) is 43.2 Å². The quantitative estimate of drug-likeness (QED) is 0.557. The fraction of sp³-hybridized carbons (Fsp3) is 0.333. The molecule has 1 fully saturated rings. The van der Waals surface area contributed by atoms with E-state index in [-0.39, 0.29) is 17.5 Å². The van der Waals surface area contributed by atoms with E-state index in [1.54, 1.807) is 30.6 Å². The fourth-order valence-corrected chi connectivity index (χ4v) is 3.93. The Morgan fingerprint density at radius 2 is 2.03 bits per heavy atom. The van der Waals surface area contributed by atoms with Crippen LogP contribution >= 0.6 is 0 Å². The molecule has 1 aliphatic heterocycles. The first-order valence-corrected chi connectivity index (χ1v) is 10.8. The lowest BCUT2D eigenvalue weighted by atomic mass is 9.96. The highest BCUT2D eigenvalue weighted by Crippen LogP contribution is 2.32. The van der Waals surface area contributed by atoms with Crippen molar-refractivity contribution < 1.29 is 18.0 Å². The van der Waals surface area contributed by atoms with Crippen molar-refractivity contribution in [1.29, 1.82) is 0 Å². The summed E-state index contributed by atoms with van der Waals surface area (Å²) in [5.74, 6) is 0.968. The van der Waals surface area contributed by atoms with Gasteiger partial charge in [0.15, 0.2) is 0 Å². The van der Waals surface area contributed by atoms with Crippen molar-refractivity contribution in [3.63, 3.8) is 0 Å². The number of alkyl halides is 3. The molecule has 0 aliphatic carbocycles. The van der Waals surface area contributed by atoms with E-state index in [0.29, 0.717) is 36.8 Å². The number of rotatable bonds is 5. The first-order chi connectivity index (χ1) is 15.8. The molecule has 1 N–H and O–H groups in total. The number of amides is 1. The first kappa shape index (κ1) is 22.7. The molecule has 33 heavy (non-hydrogen) atoms. The molecule has 0 saturated carbocycles. The largest absolute Gasteiger partial charge is 0.416 e. The van der Waals surface area contributed by atoms with Gasteiger partial charge in [0.05, 0.1) is 11.3 Å². The number of benzene rings is 1. The van der Waals surface area contributed by atoms with Gasteiger partial charge in [0.25, 0.3) is 0 Å². The van der Waals surface area contributed by atoms with Crippen molar-refractivity contribution >= 4 is 17.4 Å². The lowest BCUT2D eigenvalue weighted by Gasteiger charge is -2.32. The van der Waals surface area contributed by atoms with E-state index >= 15 is 0 Å². The Labute approximate surface area is 189 Å². The molecule has 6 nitrogen and oxygen atoms in total. The summed E-state index contributed by atoms with van der Waals surface area (Å²) in [6, 6.07) is 10.3. The lowest BCUT2D eigenvalue weighted by Crippen LogP contribution is -2.39. The molecule has 1 atom stereocenters. The number of piperidine rings is 1. The Morgan fingerprint density at radius 1 is 1.18 bits per heavy atom. The molecule has 2 aromatic heterocycles. The third-order valence-corrected chi connectivity index (χ3v) is 5.60. The van der Waals surface area contributed by atoms with Crippen LogP contribution in [0.3, 0.4) is 0 Å². The fourth-order valence-electron chi connectivity index (χ4n) is 3.93. The van der Waals surface area contributed by atoms with Gasteiger partial charge in [-0.15, -0.1) is 0 Å². The van der Waals surface area contributed by atoms with Gasteiger partial charge in [0.1, 0.15) is 11.6 Å². The molecule has 0 bridgehead atoms. The van der Waals surface area contributed by atoms with Gasteiger partial charge in [0.2, 0.25) is 5.91 Å². The van der Waals surface area contributed by atoms with Crippen LogP contribution in [0.15, 0.2) is 54.9 Å². The van der Waals surface area contributed by atoms with E-state index in [0.717, 1.165) is 30.5 Å². The second-order valence-electron chi connectivity index (χ2n) is 7.97. The number of likely N-dealkylation sites (tertiary alicyclic amines) is 1. The Hall–Kier alpha value is -3.49. The molecule has 1 unspecified atom stereocenters. The van der Waals surface area contributed by atoms with Gasteiger partial charge in [0, 0.05) is 55.1 Å². The Bertz CT molecular complexity index is 1120. The van der Waals surface area contributed by atoms with Crippen LogP contribution in [0, 0.1) is 0 Å². The number of halogens is 3. The van der Waals surface area contributed by atoms with Gasteiger partial charge >= 0.3 is 6.18 Å². The number of pyridine rings is 1. The number of aromatic nitrogens is 3. The number of carbonyl (C=O) groups excluding carboxylic acids is 1. The van der Waals surface area contributed by atoms with Crippen molar-refractivity contribution in [2.75, 3.05) is 18.4 Å². The molecule has 9 heteroatoms.